The van der Waals surface area contributed by atoms with Gasteiger partial charge in [-0.05, 0) is 0 Å². The summed E-state index contributed by atoms with van der Waals surface area (Å²) in [7, 11) is 1.81. The molecule has 1 aromatic rings. The van der Waals surface area contributed by atoms with Crippen LogP contribution in [0.5, 0.6) is 0 Å². The van der Waals surface area contributed by atoms with E-state index in [1.54, 1.807) is 23.0 Å². The van der Waals surface area contributed by atoms with Crippen molar-refractivity contribution in [2.75, 3.05) is 0 Å². The van der Waals surface area contributed by atoms with Crippen molar-refractivity contribution >= 4 is 12.0 Å². The Hall–Kier alpha value is -1.58. The molecule has 0 fully saturated rings. The smallest absolute Gasteiger partial charge is 0.307 e. The van der Waals surface area contributed by atoms with Gasteiger partial charge in [0.25, 0.3) is 0 Å². The molecule has 0 amide bonds. The van der Waals surface area contributed by atoms with Crippen molar-refractivity contribution in [3.8, 4) is 0 Å². The van der Waals surface area contributed by atoms with Crippen molar-refractivity contribution in [3.63, 3.8) is 0 Å². The number of hydrogen-bond donors (Lipinski definition) is 1. The summed E-state index contributed by atoms with van der Waals surface area (Å²) in [5, 5.41) is 12.3. The first-order valence-corrected chi connectivity index (χ1v) is 3.55. The maximum absolute atomic E-state index is 10.1. The Bertz CT molecular complexity index is 302. The lowest BCUT2D eigenvalue weighted by Crippen LogP contribution is -1.89. The second-order valence-electron chi connectivity index (χ2n) is 2.45. The molecule has 0 saturated carbocycles. The fourth-order valence-corrected chi connectivity index (χ4v) is 0.822. The molecule has 64 valence electrons. The van der Waals surface area contributed by atoms with E-state index in [1.807, 2.05) is 13.2 Å². The first-order chi connectivity index (χ1) is 5.68. The predicted octanol–water partition coefficient (Wildman–Crippen LogP) is 0.908. The molecule has 0 aromatic carbocycles. The largest absolute Gasteiger partial charge is 0.481 e. The van der Waals surface area contributed by atoms with Crippen LogP contribution in [0.25, 0.3) is 6.08 Å². The molecule has 12 heavy (non-hydrogen) atoms. The average Bonchev–Trinajstić information content (AvgIpc) is 2.35. The Morgan fingerprint density at radius 3 is 3.08 bits per heavy atom. The zero-order valence-corrected chi connectivity index (χ0v) is 6.77. The van der Waals surface area contributed by atoms with E-state index >= 15 is 0 Å². The summed E-state index contributed by atoms with van der Waals surface area (Å²) < 4.78 is 1.67. The monoisotopic (exact) mass is 166 g/mol. The number of aryl methyl sites for hydroxylation is 1. The van der Waals surface area contributed by atoms with E-state index in [2.05, 4.69) is 5.10 Å². The van der Waals surface area contributed by atoms with Gasteiger partial charge in [-0.1, -0.05) is 12.2 Å². The number of carboxylic acid groups (broad SMARTS) is 1. The first-order valence-electron chi connectivity index (χ1n) is 3.55. The van der Waals surface area contributed by atoms with Crippen LogP contribution < -0.4 is 0 Å². The number of nitrogens with zero attached hydrogens (tertiary/aromatic N) is 2. The molecule has 1 aromatic heterocycles. The van der Waals surface area contributed by atoms with Crippen LogP contribution in [0, 0.1) is 0 Å². The van der Waals surface area contributed by atoms with Crippen LogP contribution in [-0.4, -0.2) is 20.9 Å². The molecule has 4 heteroatoms. The molecule has 1 N–H and O–H groups in total. The number of rotatable bonds is 3. The summed E-state index contributed by atoms with van der Waals surface area (Å²) in [5.41, 5.74) is 0.916. The van der Waals surface area contributed by atoms with Crippen LogP contribution >= 0.6 is 0 Å². The van der Waals surface area contributed by atoms with Crippen LogP contribution in [-0.2, 0) is 11.8 Å². The normalized spacial score (nSPS) is 10.8. The summed E-state index contributed by atoms with van der Waals surface area (Å²) in [6, 6.07) is 0. The van der Waals surface area contributed by atoms with Gasteiger partial charge >= 0.3 is 5.97 Å². The maximum Gasteiger partial charge on any atom is 0.307 e. The Morgan fingerprint density at radius 2 is 2.58 bits per heavy atom. The number of carboxylic acids is 1. The van der Waals surface area contributed by atoms with Crippen LogP contribution in [0.15, 0.2) is 18.5 Å². The van der Waals surface area contributed by atoms with E-state index in [4.69, 9.17) is 5.11 Å². The number of hydrogen-bond acceptors (Lipinski definition) is 2. The minimum absolute atomic E-state index is 0.0505. The van der Waals surface area contributed by atoms with Crippen LogP contribution in [0.1, 0.15) is 12.0 Å². The molecule has 0 bridgehead atoms. The molecule has 4 nitrogen and oxygen atoms in total. The second kappa shape index (κ2) is 3.71. The van der Waals surface area contributed by atoms with E-state index in [-0.39, 0.29) is 6.42 Å². The fraction of sp³-hybridized carbons (Fsp3) is 0.250. The van der Waals surface area contributed by atoms with Crippen molar-refractivity contribution in [2.45, 2.75) is 6.42 Å². The summed E-state index contributed by atoms with van der Waals surface area (Å²) in [4.78, 5) is 10.1. The minimum atomic E-state index is -0.824. The molecule has 0 radical (unpaired) electrons. The first kappa shape index (κ1) is 8.52. The molecule has 1 heterocycles. The molecule has 1 rings (SSSR count). The third-order valence-electron chi connectivity index (χ3n) is 1.33. The number of aromatic nitrogens is 2. The molecule has 0 aliphatic heterocycles. The lowest BCUT2D eigenvalue weighted by atomic mass is 10.3. The van der Waals surface area contributed by atoms with Gasteiger partial charge < -0.3 is 5.11 Å². The van der Waals surface area contributed by atoms with E-state index < -0.39 is 5.97 Å². The number of aliphatic carboxylic acids is 1. The van der Waals surface area contributed by atoms with Crippen molar-refractivity contribution in [3.05, 3.63) is 24.0 Å². The standard InChI is InChI=1S/C8H10N2O2/c1-10-6-7(5-9-10)3-2-4-8(11)12/h2-3,5-6H,4H2,1H3,(H,11,12). The van der Waals surface area contributed by atoms with E-state index in [1.165, 1.54) is 0 Å². The molecule has 0 saturated heterocycles. The van der Waals surface area contributed by atoms with Gasteiger partial charge in [-0.15, -0.1) is 0 Å². The van der Waals surface area contributed by atoms with Crippen molar-refractivity contribution in [1.82, 2.24) is 9.78 Å². The summed E-state index contributed by atoms with van der Waals surface area (Å²) in [5.74, 6) is -0.824. The molecule has 0 unspecified atom stereocenters. The highest BCUT2D eigenvalue weighted by molar-refractivity contribution is 5.70. The second-order valence-corrected chi connectivity index (χ2v) is 2.45. The molecule has 0 aliphatic carbocycles. The zero-order chi connectivity index (χ0) is 8.97. The van der Waals surface area contributed by atoms with Crippen LogP contribution in [0.3, 0.4) is 0 Å². The Kier molecular flexibility index (Phi) is 2.63. The van der Waals surface area contributed by atoms with Crippen LogP contribution in [0.2, 0.25) is 0 Å². The van der Waals surface area contributed by atoms with Crippen molar-refractivity contribution < 1.29 is 9.90 Å². The summed E-state index contributed by atoms with van der Waals surface area (Å²) in [6.45, 7) is 0. The summed E-state index contributed by atoms with van der Waals surface area (Å²) >= 11 is 0. The van der Waals surface area contributed by atoms with Crippen LogP contribution in [0.4, 0.5) is 0 Å². The lowest BCUT2D eigenvalue weighted by molar-refractivity contribution is -0.135. The molecule has 0 spiro atoms. The number of carbonyl (C=O) groups is 1. The highest BCUT2D eigenvalue weighted by Crippen LogP contribution is 1.99. The Morgan fingerprint density at radius 1 is 1.83 bits per heavy atom. The van der Waals surface area contributed by atoms with Gasteiger partial charge in [-0.3, -0.25) is 9.48 Å². The molecule has 0 atom stereocenters. The quantitative estimate of drug-likeness (QED) is 0.726. The Balaban J connectivity index is 2.52. The van der Waals surface area contributed by atoms with Gasteiger partial charge in [0.05, 0.1) is 12.6 Å². The fourth-order valence-electron chi connectivity index (χ4n) is 0.822. The molecule has 0 aliphatic rings. The third-order valence-corrected chi connectivity index (χ3v) is 1.33. The SMILES string of the molecule is Cn1cc(C=CCC(=O)O)cn1. The lowest BCUT2D eigenvalue weighted by Gasteiger charge is -1.83. The average molecular weight is 166 g/mol. The van der Waals surface area contributed by atoms with Gasteiger partial charge in [0.1, 0.15) is 0 Å². The zero-order valence-electron chi connectivity index (χ0n) is 6.77. The predicted molar refractivity (Wildman–Crippen MR) is 44.5 cm³/mol. The Labute approximate surface area is 70.1 Å². The van der Waals surface area contributed by atoms with Gasteiger partial charge in [-0.25, -0.2) is 0 Å². The van der Waals surface area contributed by atoms with Crippen molar-refractivity contribution in [1.29, 1.82) is 0 Å². The highest BCUT2D eigenvalue weighted by atomic mass is 16.4. The van der Waals surface area contributed by atoms with Gasteiger partial charge in [0.15, 0.2) is 0 Å². The van der Waals surface area contributed by atoms with Gasteiger partial charge in [0, 0.05) is 18.8 Å². The highest BCUT2D eigenvalue weighted by Gasteiger charge is 1.91. The summed E-state index contributed by atoms with van der Waals surface area (Å²) in [6.07, 6.45) is 6.88. The maximum atomic E-state index is 10.1. The molecular formula is C8H10N2O2. The third kappa shape index (κ3) is 2.57. The van der Waals surface area contributed by atoms with Crippen molar-refractivity contribution in [2.24, 2.45) is 7.05 Å². The minimum Gasteiger partial charge on any atom is -0.481 e. The molecular weight excluding hydrogens is 156 g/mol. The topological polar surface area (TPSA) is 55.1 Å². The van der Waals surface area contributed by atoms with Gasteiger partial charge in [0.2, 0.25) is 0 Å². The van der Waals surface area contributed by atoms with E-state index in [9.17, 15) is 4.79 Å². The van der Waals surface area contributed by atoms with E-state index in [0.29, 0.717) is 0 Å². The van der Waals surface area contributed by atoms with Gasteiger partial charge in [-0.2, -0.15) is 5.10 Å². The van der Waals surface area contributed by atoms with E-state index in [0.717, 1.165) is 5.56 Å².